The number of hydrogen-bond donors (Lipinski definition) is 1. The zero-order chi connectivity index (χ0) is 21.9. The predicted octanol–water partition coefficient (Wildman–Crippen LogP) is 4.57. The molecule has 5 heteroatoms. The minimum Gasteiger partial charge on any atom is -0.508 e. The first-order valence-corrected chi connectivity index (χ1v) is 10.9. The second kappa shape index (κ2) is 8.81. The zero-order valence-corrected chi connectivity index (χ0v) is 17.8. The largest absolute Gasteiger partial charge is 0.508 e. The summed E-state index contributed by atoms with van der Waals surface area (Å²) in [5.74, 6) is 0.302. The molecule has 0 saturated carbocycles. The Hall–Kier alpha value is -3.70. The Labute approximate surface area is 187 Å². The number of carbonyl (C=O) groups is 1. The van der Waals surface area contributed by atoms with Crippen LogP contribution in [0, 0.1) is 0 Å². The van der Waals surface area contributed by atoms with Gasteiger partial charge < -0.3 is 10.0 Å². The third-order valence-electron chi connectivity index (χ3n) is 6.08. The number of amides is 1. The average molecular weight is 424 g/mol. The molecular weight excluding hydrogens is 398 g/mol. The third-order valence-corrected chi connectivity index (χ3v) is 6.08. The Balaban J connectivity index is 1.37. The maximum Gasteiger partial charge on any atom is 0.254 e. The van der Waals surface area contributed by atoms with Crippen LogP contribution in [0.3, 0.4) is 0 Å². The van der Waals surface area contributed by atoms with Gasteiger partial charge in [0.15, 0.2) is 0 Å². The fourth-order valence-electron chi connectivity index (χ4n) is 4.42. The molecule has 0 unspecified atom stereocenters. The summed E-state index contributed by atoms with van der Waals surface area (Å²) in [6, 6.07) is 25.1. The van der Waals surface area contributed by atoms with Crippen molar-refractivity contribution >= 4 is 16.7 Å². The topological polar surface area (TPSA) is 56.7 Å². The van der Waals surface area contributed by atoms with Crippen LogP contribution in [0.25, 0.3) is 21.9 Å². The molecule has 1 amide bonds. The molecule has 0 spiro atoms. The Morgan fingerprint density at radius 3 is 2.41 bits per heavy atom. The Bertz CT molecular complexity index is 1250. The van der Waals surface area contributed by atoms with Gasteiger partial charge in [-0.25, -0.2) is 0 Å². The number of nitrogens with zero attached hydrogens (tertiary/aromatic N) is 3. The van der Waals surface area contributed by atoms with Crippen molar-refractivity contribution < 1.29 is 9.90 Å². The van der Waals surface area contributed by atoms with Crippen LogP contribution >= 0.6 is 0 Å². The summed E-state index contributed by atoms with van der Waals surface area (Å²) in [7, 11) is 0. The first-order valence-electron chi connectivity index (χ1n) is 10.9. The maximum atomic E-state index is 13.4. The molecule has 32 heavy (non-hydrogen) atoms. The van der Waals surface area contributed by atoms with Gasteiger partial charge in [0, 0.05) is 44.5 Å². The number of piperazine rings is 1. The monoisotopic (exact) mass is 423 g/mol. The van der Waals surface area contributed by atoms with E-state index in [1.807, 2.05) is 77.8 Å². The van der Waals surface area contributed by atoms with Crippen molar-refractivity contribution in [2.75, 3.05) is 26.2 Å². The van der Waals surface area contributed by atoms with Crippen molar-refractivity contribution in [1.29, 1.82) is 0 Å². The molecule has 5 nitrogen and oxygen atoms in total. The lowest BCUT2D eigenvalue weighted by Gasteiger charge is -2.34. The molecule has 1 aliphatic rings. The summed E-state index contributed by atoms with van der Waals surface area (Å²) in [5.41, 5.74) is 3.72. The molecule has 2 heterocycles. The summed E-state index contributed by atoms with van der Waals surface area (Å²) >= 11 is 0. The number of carbonyl (C=O) groups excluding carboxylic acids is 1. The van der Waals surface area contributed by atoms with Crippen molar-refractivity contribution in [2.45, 2.75) is 6.54 Å². The molecular formula is C27H25N3O2. The Kier molecular flexibility index (Phi) is 5.57. The smallest absolute Gasteiger partial charge is 0.254 e. The molecule has 1 aliphatic heterocycles. The highest BCUT2D eigenvalue weighted by atomic mass is 16.3. The fraction of sp³-hybridized carbons (Fsp3) is 0.185. The van der Waals surface area contributed by atoms with Gasteiger partial charge in [-0.05, 0) is 52.2 Å². The fourth-order valence-corrected chi connectivity index (χ4v) is 4.42. The maximum absolute atomic E-state index is 13.4. The number of phenolic OH excluding ortho intramolecular Hbond substituents is 1. The van der Waals surface area contributed by atoms with Crippen LogP contribution < -0.4 is 0 Å². The molecule has 0 bridgehead atoms. The molecule has 3 aromatic carbocycles. The van der Waals surface area contributed by atoms with Gasteiger partial charge in [0.1, 0.15) is 5.75 Å². The van der Waals surface area contributed by atoms with E-state index in [0.717, 1.165) is 52.8 Å². The first-order chi connectivity index (χ1) is 15.7. The van der Waals surface area contributed by atoms with Crippen molar-refractivity contribution in [3.05, 3.63) is 96.3 Å². The third kappa shape index (κ3) is 4.07. The van der Waals surface area contributed by atoms with Gasteiger partial charge in [-0.3, -0.25) is 14.7 Å². The number of aromatic hydroxyl groups is 1. The van der Waals surface area contributed by atoms with E-state index in [2.05, 4.69) is 9.88 Å². The van der Waals surface area contributed by atoms with Gasteiger partial charge in [-0.1, -0.05) is 48.5 Å². The lowest BCUT2D eigenvalue weighted by atomic mass is 9.95. The van der Waals surface area contributed by atoms with E-state index in [1.54, 1.807) is 12.1 Å². The summed E-state index contributed by atoms with van der Waals surface area (Å²) < 4.78 is 0. The number of phenols is 1. The van der Waals surface area contributed by atoms with Crippen LogP contribution in [-0.4, -0.2) is 52.0 Å². The predicted molar refractivity (Wildman–Crippen MR) is 126 cm³/mol. The molecule has 1 saturated heterocycles. The first kappa shape index (κ1) is 20.2. The van der Waals surface area contributed by atoms with E-state index in [1.165, 1.54) is 0 Å². The van der Waals surface area contributed by atoms with Crippen LogP contribution in [-0.2, 0) is 6.54 Å². The van der Waals surface area contributed by atoms with Gasteiger partial charge >= 0.3 is 0 Å². The molecule has 1 aromatic heterocycles. The van der Waals surface area contributed by atoms with E-state index in [0.29, 0.717) is 13.1 Å². The van der Waals surface area contributed by atoms with Crippen LogP contribution in [0.15, 0.2) is 85.1 Å². The van der Waals surface area contributed by atoms with Crippen molar-refractivity contribution in [3.63, 3.8) is 0 Å². The number of hydrogen-bond acceptors (Lipinski definition) is 4. The summed E-state index contributed by atoms with van der Waals surface area (Å²) in [6.45, 7) is 3.89. The molecule has 1 fully saturated rings. The van der Waals surface area contributed by atoms with Crippen LogP contribution in [0.4, 0.5) is 0 Å². The standard InChI is InChI=1S/C27H25N3O2/c31-22-8-3-6-20(18-22)23-9-4-11-25-24(23)10-5-12-26(25)27(32)30-16-14-29(15-17-30)19-21-7-1-2-13-28-21/h1-13,18,31H,14-17,19H2. The van der Waals surface area contributed by atoms with Crippen LogP contribution in [0.2, 0.25) is 0 Å². The van der Waals surface area contributed by atoms with Gasteiger partial charge in [0.2, 0.25) is 0 Å². The van der Waals surface area contributed by atoms with E-state index < -0.39 is 0 Å². The van der Waals surface area contributed by atoms with Gasteiger partial charge in [0.25, 0.3) is 5.91 Å². The van der Waals surface area contributed by atoms with Crippen LogP contribution in [0.1, 0.15) is 16.1 Å². The second-order valence-electron chi connectivity index (χ2n) is 8.15. The van der Waals surface area contributed by atoms with E-state index >= 15 is 0 Å². The number of aromatic nitrogens is 1. The highest BCUT2D eigenvalue weighted by Gasteiger charge is 2.24. The van der Waals surface area contributed by atoms with Gasteiger partial charge in [-0.2, -0.15) is 0 Å². The molecule has 1 N–H and O–H groups in total. The zero-order valence-electron chi connectivity index (χ0n) is 17.8. The molecule has 0 aliphatic carbocycles. The SMILES string of the molecule is O=C(c1cccc2c(-c3cccc(O)c3)cccc12)N1CCN(Cc2ccccn2)CC1. The highest BCUT2D eigenvalue weighted by Crippen LogP contribution is 2.32. The minimum atomic E-state index is 0.0705. The average Bonchev–Trinajstić information content (AvgIpc) is 2.84. The Morgan fingerprint density at radius 1 is 0.844 bits per heavy atom. The molecule has 0 radical (unpaired) electrons. The normalized spacial score (nSPS) is 14.6. The van der Waals surface area contributed by atoms with E-state index in [4.69, 9.17) is 0 Å². The van der Waals surface area contributed by atoms with Crippen molar-refractivity contribution in [1.82, 2.24) is 14.8 Å². The lowest BCUT2D eigenvalue weighted by Crippen LogP contribution is -2.48. The van der Waals surface area contributed by atoms with Crippen molar-refractivity contribution in [2.24, 2.45) is 0 Å². The second-order valence-corrected chi connectivity index (χ2v) is 8.15. The van der Waals surface area contributed by atoms with Gasteiger partial charge in [0.05, 0.1) is 5.69 Å². The molecule has 0 atom stereocenters. The number of benzene rings is 3. The van der Waals surface area contributed by atoms with Gasteiger partial charge in [-0.15, -0.1) is 0 Å². The van der Waals surface area contributed by atoms with Crippen LogP contribution in [0.5, 0.6) is 5.75 Å². The van der Waals surface area contributed by atoms with Crippen molar-refractivity contribution in [3.8, 4) is 16.9 Å². The number of rotatable bonds is 4. The summed E-state index contributed by atoms with van der Waals surface area (Å²) in [4.78, 5) is 22.1. The number of fused-ring (bicyclic) bond motifs is 1. The quantitative estimate of drug-likeness (QED) is 0.523. The summed E-state index contributed by atoms with van der Waals surface area (Å²) in [6.07, 6.45) is 1.82. The molecule has 5 rings (SSSR count). The molecule has 160 valence electrons. The highest BCUT2D eigenvalue weighted by molar-refractivity contribution is 6.10. The minimum absolute atomic E-state index is 0.0705. The van der Waals surface area contributed by atoms with E-state index in [9.17, 15) is 9.90 Å². The molecule has 4 aromatic rings. The van der Waals surface area contributed by atoms with E-state index in [-0.39, 0.29) is 11.7 Å². The Morgan fingerprint density at radius 2 is 1.62 bits per heavy atom. The number of pyridine rings is 1. The summed E-state index contributed by atoms with van der Waals surface area (Å²) in [5, 5.41) is 11.9. The lowest BCUT2D eigenvalue weighted by molar-refractivity contribution is 0.0629.